The summed E-state index contributed by atoms with van der Waals surface area (Å²) < 4.78 is 19.5. The molecule has 3 nitrogen and oxygen atoms in total. The Kier molecular flexibility index (Phi) is 7.68. The van der Waals surface area contributed by atoms with Crippen LogP contribution in [0.1, 0.15) is 44.7 Å². The highest BCUT2D eigenvalue weighted by Crippen LogP contribution is 2.29. The third kappa shape index (κ3) is 4.68. The molecule has 0 saturated carbocycles. The van der Waals surface area contributed by atoms with Crippen molar-refractivity contribution in [1.29, 1.82) is 0 Å². The molecular formula is C17H29FN2O. The molecule has 0 bridgehead atoms. The van der Waals surface area contributed by atoms with Crippen molar-refractivity contribution in [3.05, 3.63) is 29.6 Å². The summed E-state index contributed by atoms with van der Waals surface area (Å²) in [5.41, 5.74) is 0.625. The lowest BCUT2D eigenvalue weighted by Crippen LogP contribution is -2.33. The van der Waals surface area contributed by atoms with Crippen LogP contribution < -0.4 is 10.1 Å². The maximum absolute atomic E-state index is 14.2. The van der Waals surface area contributed by atoms with Gasteiger partial charge in [0.2, 0.25) is 0 Å². The fraction of sp³-hybridized carbons (Fsp3) is 0.647. The zero-order valence-corrected chi connectivity index (χ0v) is 13.9. The van der Waals surface area contributed by atoms with Crippen molar-refractivity contribution in [2.45, 2.75) is 45.2 Å². The first-order valence-corrected chi connectivity index (χ1v) is 7.78. The van der Waals surface area contributed by atoms with Gasteiger partial charge >= 0.3 is 0 Å². The van der Waals surface area contributed by atoms with E-state index in [0.29, 0.717) is 17.4 Å². The number of halogens is 1. The van der Waals surface area contributed by atoms with Crippen LogP contribution in [0.5, 0.6) is 5.75 Å². The summed E-state index contributed by atoms with van der Waals surface area (Å²) in [4.78, 5) is 2.36. The minimum atomic E-state index is -0.209. The van der Waals surface area contributed by atoms with Crippen LogP contribution in [0.3, 0.4) is 0 Å². The average molecular weight is 296 g/mol. The molecule has 1 atom stereocenters. The van der Waals surface area contributed by atoms with Crippen LogP contribution in [0.2, 0.25) is 0 Å². The Balaban J connectivity index is 2.80. The zero-order chi connectivity index (χ0) is 15.8. The third-order valence-corrected chi connectivity index (χ3v) is 4.27. The smallest absolute Gasteiger partial charge is 0.131 e. The molecule has 4 heteroatoms. The van der Waals surface area contributed by atoms with Gasteiger partial charge in [0.05, 0.1) is 7.11 Å². The largest absolute Gasteiger partial charge is 0.496 e. The number of rotatable bonds is 9. The quantitative estimate of drug-likeness (QED) is 0.753. The number of nitrogens with one attached hydrogen (secondary N) is 1. The molecular weight excluding hydrogens is 267 g/mol. The third-order valence-electron chi connectivity index (χ3n) is 4.27. The molecule has 0 radical (unpaired) electrons. The minimum Gasteiger partial charge on any atom is -0.496 e. The van der Waals surface area contributed by atoms with Crippen LogP contribution in [-0.2, 0) is 0 Å². The van der Waals surface area contributed by atoms with Gasteiger partial charge in [-0.1, -0.05) is 19.9 Å². The van der Waals surface area contributed by atoms with Gasteiger partial charge in [-0.3, -0.25) is 0 Å². The Bertz CT molecular complexity index is 421. The first-order valence-electron chi connectivity index (χ1n) is 7.78. The summed E-state index contributed by atoms with van der Waals surface area (Å²) >= 11 is 0. The van der Waals surface area contributed by atoms with Gasteiger partial charge in [0.25, 0.3) is 0 Å². The fourth-order valence-corrected chi connectivity index (χ4v) is 2.89. The van der Waals surface area contributed by atoms with Crippen LogP contribution in [0.4, 0.5) is 4.39 Å². The predicted octanol–water partition coefficient (Wildman–Crippen LogP) is 3.61. The van der Waals surface area contributed by atoms with E-state index in [4.69, 9.17) is 4.74 Å². The summed E-state index contributed by atoms with van der Waals surface area (Å²) in [6.07, 6.45) is 3.13. The summed E-state index contributed by atoms with van der Waals surface area (Å²) in [7, 11) is 5.60. The second-order valence-corrected chi connectivity index (χ2v) is 5.44. The predicted molar refractivity (Wildman–Crippen MR) is 86.4 cm³/mol. The minimum absolute atomic E-state index is 0.0436. The lowest BCUT2D eigenvalue weighted by Gasteiger charge is -2.28. The van der Waals surface area contributed by atoms with E-state index in [1.165, 1.54) is 6.07 Å². The SMILES string of the molecule is CCC(CC)N(C)CCC(NC)c1c(F)cccc1OC. The Hall–Kier alpha value is -1.13. The van der Waals surface area contributed by atoms with Crippen LogP contribution in [0.15, 0.2) is 18.2 Å². The van der Waals surface area contributed by atoms with Gasteiger partial charge < -0.3 is 15.0 Å². The Morgan fingerprint density at radius 2 is 1.95 bits per heavy atom. The highest BCUT2D eigenvalue weighted by molar-refractivity contribution is 5.37. The highest BCUT2D eigenvalue weighted by Gasteiger charge is 2.20. The van der Waals surface area contributed by atoms with Gasteiger partial charge in [-0.2, -0.15) is 0 Å². The molecule has 21 heavy (non-hydrogen) atoms. The lowest BCUT2D eigenvalue weighted by molar-refractivity contribution is 0.217. The van der Waals surface area contributed by atoms with E-state index in [2.05, 4.69) is 31.1 Å². The number of hydrogen-bond donors (Lipinski definition) is 1. The van der Waals surface area contributed by atoms with Crippen LogP contribution >= 0.6 is 0 Å². The second kappa shape index (κ2) is 9.00. The number of benzene rings is 1. The molecule has 0 aliphatic carbocycles. The normalized spacial score (nSPS) is 13.0. The summed E-state index contributed by atoms with van der Waals surface area (Å²) in [6, 6.07) is 5.53. The molecule has 0 amide bonds. The second-order valence-electron chi connectivity index (χ2n) is 5.44. The van der Waals surface area contributed by atoms with E-state index in [9.17, 15) is 4.39 Å². The van der Waals surface area contributed by atoms with E-state index in [1.807, 2.05) is 13.1 Å². The fourth-order valence-electron chi connectivity index (χ4n) is 2.89. The number of nitrogens with zero attached hydrogens (tertiary/aromatic N) is 1. The van der Waals surface area contributed by atoms with Gasteiger partial charge in [-0.15, -0.1) is 0 Å². The van der Waals surface area contributed by atoms with Gasteiger partial charge in [-0.25, -0.2) is 4.39 Å². The Morgan fingerprint density at radius 1 is 1.29 bits per heavy atom. The van der Waals surface area contributed by atoms with Crippen LogP contribution in [0, 0.1) is 5.82 Å². The van der Waals surface area contributed by atoms with Crippen molar-refractivity contribution in [2.24, 2.45) is 0 Å². The van der Waals surface area contributed by atoms with Gasteiger partial charge in [-0.05, 0) is 52.0 Å². The average Bonchev–Trinajstić information content (AvgIpc) is 2.50. The molecule has 1 rings (SSSR count). The van der Waals surface area contributed by atoms with Crippen molar-refractivity contribution in [3.63, 3.8) is 0 Å². The molecule has 1 aromatic carbocycles. The van der Waals surface area contributed by atoms with Crippen molar-refractivity contribution >= 4 is 0 Å². The number of ether oxygens (including phenoxy) is 1. The topological polar surface area (TPSA) is 24.5 Å². The van der Waals surface area contributed by atoms with E-state index in [1.54, 1.807) is 13.2 Å². The molecule has 0 aromatic heterocycles. The van der Waals surface area contributed by atoms with Crippen molar-refractivity contribution < 1.29 is 9.13 Å². The Labute approximate surface area is 128 Å². The first-order chi connectivity index (χ1) is 10.1. The molecule has 0 fully saturated rings. The molecule has 120 valence electrons. The van der Waals surface area contributed by atoms with Crippen LogP contribution in [-0.4, -0.2) is 38.7 Å². The maximum Gasteiger partial charge on any atom is 0.131 e. The Morgan fingerprint density at radius 3 is 2.48 bits per heavy atom. The zero-order valence-electron chi connectivity index (χ0n) is 13.9. The highest BCUT2D eigenvalue weighted by atomic mass is 19.1. The standard InChI is InChI=1S/C17H29FN2O/c1-6-13(7-2)20(4)12-11-15(19-3)17-14(18)9-8-10-16(17)21-5/h8-10,13,15,19H,6-7,11-12H2,1-5H3. The molecule has 1 N–H and O–H groups in total. The molecule has 0 heterocycles. The molecule has 1 unspecified atom stereocenters. The first kappa shape index (κ1) is 17.9. The van der Waals surface area contributed by atoms with Gasteiger partial charge in [0, 0.05) is 17.6 Å². The van der Waals surface area contributed by atoms with Crippen molar-refractivity contribution in [1.82, 2.24) is 10.2 Å². The molecule has 0 saturated heterocycles. The maximum atomic E-state index is 14.2. The number of hydrogen-bond acceptors (Lipinski definition) is 3. The molecule has 1 aromatic rings. The van der Waals surface area contributed by atoms with E-state index in [0.717, 1.165) is 25.8 Å². The van der Waals surface area contributed by atoms with E-state index in [-0.39, 0.29) is 11.9 Å². The van der Waals surface area contributed by atoms with Gasteiger partial charge in [0.1, 0.15) is 11.6 Å². The monoisotopic (exact) mass is 296 g/mol. The van der Waals surface area contributed by atoms with Crippen molar-refractivity contribution in [2.75, 3.05) is 27.7 Å². The van der Waals surface area contributed by atoms with Crippen LogP contribution in [0.25, 0.3) is 0 Å². The van der Waals surface area contributed by atoms with E-state index < -0.39 is 0 Å². The van der Waals surface area contributed by atoms with Gasteiger partial charge in [0.15, 0.2) is 0 Å². The van der Waals surface area contributed by atoms with Crippen molar-refractivity contribution in [3.8, 4) is 5.75 Å². The summed E-state index contributed by atoms with van der Waals surface area (Å²) in [5.74, 6) is 0.401. The molecule has 0 aliphatic heterocycles. The molecule has 0 spiro atoms. The lowest BCUT2D eigenvalue weighted by atomic mass is 10.0. The van der Waals surface area contributed by atoms with E-state index >= 15 is 0 Å². The number of methoxy groups -OCH3 is 1. The molecule has 0 aliphatic rings. The summed E-state index contributed by atoms with van der Waals surface area (Å²) in [6.45, 7) is 5.34. The summed E-state index contributed by atoms with van der Waals surface area (Å²) in [5, 5.41) is 3.22.